The van der Waals surface area contributed by atoms with E-state index < -0.39 is 11.9 Å². The Balaban J connectivity index is 2.20. The minimum atomic E-state index is -0.820. The van der Waals surface area contributed by atoms with Gasteiger partial charge in [-0.05, 0) is 37.1 Å². The van der Waals surface area contributed by atoms with Gasteiger partial charge in [0.05, 0.1) is 12.0 Å². The Hall–Kier alpha value is -1.46. The minimum Gasteiger partial charge on any atom is -0.481 e. The second kappa shape index (κ2) is 3.60. The maximum Gasteiger partial charge on any atom is 0.308 e. The van der Waals surface area contributed by atoms with Gasteiger partial charge in [0.25, 0.3) is 0 Å². The lowest BCUT2D eigenvalue weighted by Crippen LogP contribution is -2.24. The van der Waals surface area contributed by atoms with E-state index in [0.29, 0.717) is 5.92 Å². The molecule has 6 heteroatoms. The van der Waals surface area contributed by atoms with Gasteiger partial charge in [0.2, 0.25) is 0 Å². The fraction of sp³-hybridized carbons (Fsp3) is 0.778. The first kappa shape index (κ1) is 10.1. The zero-order chi connectivity index (χ0) is 11.0. The molecule has 6 nitrogen and oxygen atoms in total. The monoisotopic (exact) mass is 210 g/mol. The van der Waals surface area contributed by atoms with Crippen LogP contribution in [0.3, 0.4) is 0 Å². The highest BCUT2D eigenvalue weighted by Gasteiger charge is 2.33. The van der Waals surface area contributed by atoms with Gasteiger partial charge >= 0.3 is 5.97 Å². The van der Waals surface area contributed by atoms with Gasteiger partial charge in [0.15, 0.2) is 5.82 Å². The fourth-order valence-corrected chi connectivity index (χ4v) is 1.52. The number of carboxylic acids is 1. The first-order chi connectivity index (χ1) is 7.11. The lowest BCUT2D eigenvalue weighted by Gasteiger charge is -2.16. The summed E-state index contributed by atoms with van der Waals surface area (Å²) in [5, 5.41) is 20.4. The third-order valence-electron chi connectivity index (χ3n) is 2.96. The highest BCUT2D eigenvalue weighted by atomic mass is 16.4. The van der Waals surface area contributed by atoms with Crippen LogP contribution in [-0.4, -0.2) is 31.3 Å². The first-order valence-electron chi connectivity index (χ1n) is 5.12. The summed E-state index contributed by atoms with van der Waals surface area (Å²) in [7, 11) is 0. The molecule has 2 rings (SSSR count). The number of aliphatic carboxylic acids is 1. The van der Waals surface area contributed by atoms with E-state index in [4.69, 9.17) is 5.11 Å². The first-order valence-corrected chi connectivity index (χ1v) is 5.12. The maximum absolute atomic E-state index is 10.9. The molecule has 1 aromatic rings. The SMILES string of the molecule is CC(C(=O)O)C(C)n1nnnc1C1CC1. The molecule has 0 amide bonds. The average Bonchev–Trinajstić information content (AvgIpc) is 2.94. The number of rotatable bonds is 4. The Bertz CT molecular complexity index is 372. The standard InChI is InChI=1S/C9H14N4O2/c1-5(9(14)15)6(2)13-8(7-3-4-7)10-11-12-13/h5-7H,3-4H2,1-2H3,(H,14,15). The number of hydrogen-bond donors (Lipinski definition) is 1. The van der Waals surface area contributed by atoms with E-state index in [-0.39, 0.29) is 6.04 Å². The molecule has 0 spiro atoms. The molecule has 1 fully saturated rings. The summed E-state index contributed by atoms with van der Waals surface area (Å²) in [6, 6.07) is -0.201. The molecule has 1 heterocycles. The molecule has 1 saturated carbocycles. The van der Waals surface area contributed by atoms with Crippen LogP contribution in [-0.2, 0) is 4.79 Å². The molecule has 0 saturated heterocycles. The molecule has 1 aliphatic carbocycles. The van der Waals surface area contributed by atoms with Crippen molar-refractivity contribution < 1.29 is 9.90 Å². The third kappa shape index (κ3) is 1.84. The average molecular weight is 210 g/mol. The molecule has 2 atom stereocenters. The van der Waals surface area contributed by atoms with E-state index in [1.165, 1.54) is 0 Å². The van der Waals surface area contributed by atoms with E-state index in [0.717, 1.165) is 18.7 Å². The van der Waals surface area contributed by atoms with Crippen LogP contribution in [0.2, 0.25) is 0 Å². The van der Waals surface area contributed by atoms with Crippen LogP contribution in [0.5, 0.6) is 0 Å². The van der Waals surface area contributed by atoms with Crippen LogP contribution in [0.15, 0.2) is 0 Å². The molecule has 82 valence electrons. The van der Waals surface area contributed by atoms with E-state index in [1.54, 1.807) is 11.6 Å². The Morgan fingerprint density at radius 1 is 1.53 bits per heavy atom. The summed E-state index contributed by atoms with van der Waals surface area (Å²) in [6.07, 6.45) is 2.21. The van der Waals surface area contributed by atoms with Crippen molar-refractivity contribution in [3.05, 3.63) is 5.82 Å². The van der Waals surface area contributed by atoms with E-state index in [2.05, 4.69) is 15.5 Å². The van der Waals surface area contributed by atoms with Crippen molar-refractivity contribution in [2.45, 2.75) is 38.6 Å². The highest BCUT2D eigenvalue weighted by Crippen LogP contribution is 2.39. The quantitative estimate of drug-likeness (QED) is 0.796. The smallest absolute Gasteiger partial charge is 0.308 e. The normalized spacial score (nSPS) is 19.9. The molecule has 0 bridgehead atoms. The van der Waals surface area contributed by atoms with Gasteiger partial charge in [0, 0.05) is 5.92 Å². The lowest BCUT2D eigenvalue weighted by molar-refractivity contribution is -0.142. The topological polar surface area (TPSA) is 80.9 Å². The van der Waals surface area contributed by atoms with E-state index >= 15 is 0 Å². The fourth-order valence-electron chi connectivity index (χ4n) is 1.52. The number of carbonyl (C=O) groups is 1. The molecule has 15 heavy (non-hydrogen) atoms. The summed E-state index contributed by atoms with van der Waals surface area (Å²) in [4.78, 5) is 10.9. The Morgan fingerprint density at radius 3 is 2.73 bits per heavy atom. The predicted molar refractivity (Wildman–Crippen MR) is 51.3 cm³/mol. The molecular formula is C9H14N4O2. The van der Waals surface area contributed by atoms with E-state index in [9.17, 15) is 4.79 Å². The molecule has 1 N–H and O–H groups in total. The molecule has 1 aromatic heterocycles. The Morgan fingerprint density at radius 2 is 2.20 bits per heavy atom. The van der Waals surface area contributed by atoms with Crippen molar-refractivity contribution in [2.75, 3.05) is 0 Å². The molecule has 0 aromatic carbocycles. The lowest BCUT2D eigenvalue weighted by atomic mass is 10.0. The van der Waals surface area contributed by atoms with Gasteiger partial charge in [-0.15, -0.1) is 5.10 Å². The van der Waals surface area contributed by atoms with Gasteiger partial charge in [-0.3, -0.25) is 4.79 Å². The molecule has 0 aliphatic heterocycles. The van der Waals surface area contributed by atoms with Gasteiger partial charge in [-0.25, -0.2) is 4.68 Å². The van der Waals surface area contributed by atoms with Gasteiger partial charge in [-0.1, -0.05) is 0 Å². The largest absolute Gasteiger partial charge is 0.481 e. The summed E-state index contributed by atoms with van der Waals surface area (Å²) in [6.45, 7) is 3.51. The van der Waals surface area contributed by atoms with Crippen molar-refractivity contribution in [3.63, 3.8) is 0 Å². The van der Waals surface area contributed by atoms with Crippen LogP contribution in [0.25, 0.3) is 0 Å². The Labute approximate surface area is 87.3 Å². The van der Waals surface area contributed by atoms with Crippen molar-refractivity contribution in [1.82, 2.24) is 20.2 Å². The van der Waals surface area contributed by atoms with Crippen LogP contribution in [0.1, 0.15) is 44.5 Å². The molecular weight excluding hydrogens is 196 g/mol. The third-order valence-corrected chi connectivity index (χ3v) is 2.96. The molecule has 0 radical (unpaired) electrons. The van der Waals surface area contributed by atoms with Crippen LogP contribution in [0.4, 0.5) is 0 Å². The van der Waals surface area contributed by atoms with E-state index in [1.807, 2.05) is 6.92 Å². The summed E-state index contributed by atoms with van der Waals surface area (Å²) in [5.74, 6) is -0.0372. The van der Waals surface area contributed by atoms with Crippen molar-refractivity contribution in [3.8, 4) is 0 Å². The number of hydrogen-bond acceptors (Lipinski definition) is 4. The van der Waals surface area contributed by atoms with Crippen molar-refractivity contribution in [2.24, 2.45) is 5.92 Å². The zero-order valence-corrected chi connectivity index (χ0v) is 8.79. The van der Waals surface area contributed by atoms with Crippen LogP contribution in [0, 0.1) is 5.92 Å². The minimum absolute atomic E-state index is 0.201. The second-order valence-corrected chi connectivity index (χ2v) is 4.12. The number of carboxylic acid groups (broad SMARTS) is 1. The maximum atomic E-state index is 10.9. The van der Waals surface area contributed by atoms with Gasteiger partial charge < -0.3 is 5.11 Å². The molecule has 2 unspecified atom stereocenters. The number of nitrogens with zero attached hydrogens (tertiary/aromatic N) is 4. The number of aromatic nitrogens is 4. The van der Waals surface area contributed by atoms with Crippen molar-refractivity contribution >= 4 is 5.97 Å². The number of tetrazole rings is 1. The predicted octanol–water partition coefficient (Wildman–Crippen LogP) is 0.832. The van der Waals surface area contributed by atoms with Crippen LogP contribution < -0.4 is 0 Å². The summed E-state index contributed by atoms with van der Waals surface area (Å²) < 4.78 is 1.65. The van der Waals surface area contributed by atoms with Gasteiger partial charge in [0.1, 0.15) is 0 Å². The second-order valence-electron chi connectivity index (χ2n) is 4.12. The summed E-state index contributed by atoms with van der Waals surface area (Å²) >= 11 is 0. The Kier molecular flexibility index (Phi) is 2.42. The van der Waals surface area contributed by atoms with Crippen LogP contribution >= 0.6 is 0 Å². The van der Waals surface area contributed by atoms with Crippen molar-refractivity contribution in [1.29, 1.82) is 0 Å². The zero-order valence-electron chi connectivity index (χ0n) is 8.79. The van der Waals surface area contributed by atoms with Gasteiger partial charge in [-0.2, -0.15) is 0 Å². The highest BCUT2D eigenvalue weighted by molar-refractivity contribution is 5.70. The molecule has 1 aliphatic rings. The summed E-state index contributed by atoms with van der Waals surface area (Å²) in [5.41, 5.74) is 0.